The van der Waals surface area contributed by atoms with Crippen LogP contribution in [0.1, 0.15) is 43.0 Å². The van der Waals surface area contributed by atoms with Gasteiger partial charge < -0.3 is 14.8 Å². The Morgan fingerprint density at radius 1 is 1.10 bits per heavy atom. The van der Waals surface area contributed by atoms with Gasteiger partial charge in [-0.05, 0) is 49.4 Å². The van der Waals surface area contributed by atoms with E-state index in [1.165, 1.54) is 12.4 Å². The van der Waals surface area contributed by atoms with Crippen molar-refractivity contribution in [3.8, 4) is 11.8 Å². The molecule has 1 aromatic heterocycles. The third-order valence-electron chi connectivity index (χ3n) is 5.30. The number of carbonyl (C=O) groups excluding carboxylic acids is 1. The lowest BCUT2D eigenvalue weighted by Crippen LogP contribution is -2.40. The van der Waals surface area contributed by atoms with Crippen LogP contribution in [-0.2, 0) is 0 Å². The van der Waals surface area contributed by atoms with E-state index in [0.717, 1.165) is 36.5 Å². The highest BCUT2D eigenvalue weighted by molar-refractivity contribution is 6.30. The predicted octanol–water partition coefficient (Wildman–Crippen LogP) is 4.80. The second-order valence-electron chi connectivity index (χ2n) is 7.34. The van der Waals surface area contributed by atoms with Gasteiger partial charge in [-0.15, -0.1) is 0 Å². The molecule has 3 aromatic rings. The Labute approximate surface area is 180 Å². The summed E-state index contributed by atoms with van der Waals surface area (Å²) in [6, 6.07) is 12.2. The van der Waals surface area contributed by atoms with E-state index in [0.29, 0.717) is 29.0 Å². The summed E-state index contributed by atoms with van der Waals surface area (Å²) < 4.78 is 11.6. The third kappa shape index (κ3) is 4.65. The Morgan fingerprint density at radius 2 is 1.83 bits per heavy atom. The van der Waals surface area contributed by atoms with Gasteiger partial charge in [-0.1, -0.05) is 41.9 Å². The fourth-order valence-corrected chi connectivity index (χ4v) is 3.95. The van der Waals surface area contributed by atoms with Gasteiger partial charge in [0, 0.05) is 6.04 Å². The molecule has 0 saturated heterocycles. The van der Waals surface area contributed by atoms with Crippen molar-refractivity contribution < 1.29 is 14.3 Å². The molecule has 6 nitrogen and oxygen atoms in total. The van der Waals surface area contributed by atoms with Crippen molar-refractivity contribution >= 4 is 28.3 Å². The Morgan fingerprint density at radius 3 is 2.57 bits per heavy atom. The molecule has 1 heterocycles. The molecular formula is C23H24ClN3O3. The molecular weight excluding hydrogens is 402 g/mol. The zero-order valence-electron chi connectivity index (χ0n) is 16.8. The van der Waals surface area contributed by atoms with Crippen LogP contribution in [0.15, 0.2) is 48.8 Å². The summed E-state index contributed by atoms with van der Waals surface area (Å²) >= 11 is 5.81. The number of hydrogen-bond donors (Lipinski definition) is 1. The van der Waals surface area contributed by atoms with Gasteiger partial charge in [-0.3, -0.25) is 4.79 Å². The molecule has 1 aliphatic carbocycles. The summed E-state index contributed by atoms with van der Waals surface area (Å²) in [6.45, 7) is 2.43. The maximum atomic E-state index is 13.2. The molecule has 156 valence electrons. The van der Waals surface area contributed by atoms with Crippen molar-refractivity contribution in [2.24, 2.45) is 0 Å². The van der Waals surface area contributed by atoms with E-state index in [1.807, 2.05) is 43.3 Å². The summed E-state index contributed by atoms with van der Waals surface area (Å²) in [4.78, 5) is 21.3. The number of ether oxygens (including phenoxy) is 2. The molecule has 0 radical (unpaired) electrons. The number of hydrogen-bond acceptors (Lipinski definition) is 5. The van der Waals surface area contributed by atoms with Crippen molar-refractivity contribution in [2.75, 3.05) is 6.61 Å². The molecule has 1 fully saturated rings. The van der Waals surface area contributed by atoms with Gasteiger partial charge in [0.15, 0.2) is 0 Å². The molecule has 0 spiro atoms. The maximum absolute atomic E-state index is 13.2. The quantitative estimate of drug-likeness (QED) is 0.614. The topological polar surface area (TPSA) is 73.3 Å². The minimum Gasteiger partial charge on any atom is -0.493 e. The second kappa shape index (κ2) is 9.30. The average molecular weight is 426 g/mol. The summed E-state index contributed by atoms with van der Waals surface area (Å²) in [5.41, 5.74) is 0.600. The van der Waals surface area contributed by atoms with Crippen LogP contribution >= 0.6 is 11.6 Å². The highest BCUT2D eigenvalue weighted by Gasteiger charge is 2.26. The zero-order valence-corrected chi connectivity index (χ0v) is 17.6. The molecule has 4 rings (SSSR count). The molecule has 0 bridgehead atoms. The van der Waals surface area contributed by atoms with Gasteiger partial charge >= 0.3 is 6.01 Å². The van der Waals surface area contributed by atoms with E-state index >= 15 is 0 Å². The Balaban J connectivity index is 1.41. The van der Waals surface area contributed by atoms with E-state index in [-0.39, 0.29) is 18.1 Å². The second-order valence-corrected chi connectivity index (χ2v) is 7.78. The smallest absolute Gasteiger partial charge is 0.316 e. The van der Waals surface area contributed by atoms with Gasteiger partial charge in [0.25, 0.3) is 5.91 Å². The minimum absolute atomic E-state index is 0.0378. The lowest BCUT2D eigenvalue weighted by atomic mass is 9.92. The molecule has 1 aliphatic rings. The van der Waals surface area contributed by atoms with E-state index in [4.69, 9.17) is 21.1 Å². The van der Waals surface area contributed by atoms with Crippen molar-refractivity contribution in [3.63, 3.8) is 0 Å². The third-order valence-corrected chi connectivity index (χ3v) is 5.49. The molecule has 1 amide bonds. The van der Waals surface area contributed by atoms with Crippen LogP contribution < -0.4 is 14.8 Å². The average Bonchev–Trinajstić information content (AvgIpc) is 2.76. The first-order valence-electron chi connectivity index (χ1n) is 10.2. The van der Waals surface area contributed by atoms with Crippen LogP contribution in [0.25, 0.3) is 10.8 Å². The maximum Gasteiger partial charge on any atom is 0.316 e. The lowest BCUT2D eigenvalue weighted by Gasteiger charge is -2.29. The molecule has 30 heavy (non-hydrogen) atoms. The number of rotatable bonds is 6. The number of halogens is 1. The van der Waals surface area contributed by atoms with Crippen molar-refractivity contribution in [3.05, 3.63) is 59.4 Å². The number of nitrogens with zero attached hydrogens (tertiary/aromatic N) is 2. The van der Waals surface area contributed by atoms with Crippen LogP contribution in [0.2, 0.25) is 5.02 Å². The van der Waals surface area contributed by atoms with Crippen LogP contribution in [-0.4, -0.2) is 34.6 Å². The summed E-state index contributed by atoms with van der Waals surface area (Å²) in [5, 5.41) is 5.60. The fraction of sp³-hybridized carbons (Fsp3) is 0.348. The van der Waals surface area contributed by atoms with E-state index in [2.05, 4.69) is 15.3 Å². The Kier molecular flexibility index (Phi) is 6.33. The van der Waals surface area contributed by atoms with Crippen LogP contribution in [0, 0.1) is 0 Å². The molecule has 1 saturated carbocycles. The van der Waals surface area contributed by atoms with Crippen molar-refractivity contribution in [1.29, 1.82) is 0 Å². The molecule has 0 aliphatic heterocycles. The standard InChI is InChI=1S/C23H24ClN3O3/c1-2-29-20-12-7-15-5-3-4-6-19(15)21(20)22(28)27-17-8-10-18(11-9-17)30-23-25-13-16(24)14-26-23/h3-7,12-14,17-18H,2,8-11H2,1H3,(H,27,28). The monoisotopic (exact) mass is 425 g/mol. The number of aromatic nitrogens is 2. The lowest BCUT2D eigenvalue weighted by molar-refractivity contribution is 0.0883. The van der Waals surface area contributed by atoms with E-state index in [9.17, 15) is 4.79 Å². The first kappa shape index (κ1) is 20.4. The van der Waals surface area contributed by atoms with Gasteiger partial charge in [0.1, 0.15) is 11.9 Å². The SMILES string of the molecule is CCOc1ccc2ccccc2c1C(=O)NC1CCC(Oc2ncc(Cl)cn2)CC1. The summed E-state index contributed by atoms with van der Waals surface area (Å²) in [7, 11) is 0. The zero-order chi connectivity index (χ0) is 20.9. The van der Waals surface area contributed by atoms with E-state index < -0.39 is 0 Å². The highest BCUT2D eigenvalue weighted by atomic mass is 35.5. The first-order valence-corrected chi connectivity index (χ1v) is 10.6. The molecule has 2 aromatic carbocycles. The van der Waals surface area contributed by atoms with Gasteiger partial charge in [0.05, 0.1) is 29.6 Å². The highest BCUT2D eigenvalue weighted by Crippen LogP contribution is 2.29. The minimum atomic E-state index is -0.0966. The van der Waals surface area contributed by atoms with Crippen molar-refractivity contribution in [1.82, 2.24) is 15.3 Å². The van der Waals surface area contributed by atoms with Gasteiger partial charge in [-0.2, -0.15) is 0 Å². The van der Waals surface area contributed by atoms with E-state index in [1.54, 1.807) is 0 Å². The predicted molar refractivity (Wildman–Crippen MR) is 116 cm³/mol. The Hall–Kier alpha value is -2.86. The number of amides is 1. The number of nitrogens with one attached hydrogen (secondary N) is 1. The fourth-order valence-electron chi connectivity index (χ4n) is 3.85. The van der Waals surface area contributed by atoms with Crippen LogP contribution in [0.5, 0.6) is 11.8 Å². The molecule has 1 N–H and O–H groups in total. The Bertz CT molecular complexity index is 1020. The number of benzene rings is 2. The number of fused-ring (bicyclic) bond motifs is 1. The summed E-state index contributed by atoms with van der Waals surface area (Å²) in [5.74, 6) is 0.520. The van der Waals surface area contributed by atoms with Gasteiger partial charge in [-0.25, -0.2) is 9.97 Å². The molecule has 0 atom stereocenters. The van der Waals surface area contributed by atoms with Crippen LogP contribution in [0.4, 0.5) is 0 Å². The van der Waals surface area contributed by atoms with Crippen LogP contribution in [0.3, 0.4) is 0 Å². The first-order chi connectivity index (χ1) is 14.6. The van der Waals surface area contributed by atoms with Crippen molar-refractivity contribution in [2.45, 2.75) is 44.8 Å². The normalized spacial score (nSPS) is 18.7. The number of carbonyl (C=O) groups is 1. The molecule has 0 unspecified atom stereocenters. The molecule has 7 heteroatoms. The van der Waals surface area contributed by atoms with Gasteiger partial charge in [0.2, 0.25) is 0 Å². The largest absolute Gasteiger partial charge is 0.493 e. The summed E-state index contributed by atoms with van der Waals surface area (Å²) in [6.07, 6.45) is 6.40.